The van der Waals surface area contributed by atoms with Gasteiger partial charge in [-0.1, -0.05) is 48.5 Å². The molecule has 45 heavy (non-hydrogen) atoms. The van der Waals surface area contributed by atoms with Crippen LogP contribution in [0.5, 0.6) is 0 Å². The first kappa shape index (κ1) is 27.9. The first-order valence-electron chi connectivity index (χ1n) is 16.1. The molecule has 2 N–H and O–H groups in total. The lowest BCUT2D eigenvalue weighted by Gasteiger charge is -2.31. The van der Waals surface area contributed by atoms with Gasteiger partial charge in [0, 0.05) is 34.8 Å². The van der Waals surface area contributed by atoms with Gasteiger partial charge in [0.15, 0.2) is 0 Å². The molecule has 1 saturated carbocycles. The normalized spacial score (nSPS) is 16.1. The number of pyridine rings is 1. The van der Waals surface area contributed by atoms with Crippen molar-refractivity contribution in [1.82, 2.24) is 24.4 Å². The molecule has 0 radical (unpaired) electrons. The molecule has 226 valence electrons. The van der Waals surface area contributed by atoms with Gasteiger partial charge in [-0.3, -0.25) is 9.36 Å². The molecule has 3 aromatic carbocycles. The first-order chi connectivity index (χ1) is 22.1. The molecule has 8 rings (SSSR count). The molecule has 2 aliphatic rings. The number of H-pyrrole nitrogens is 1. The van der Waals surface area contributed by atoms with Crippen molar-refractivity contribution >= 4 is 21.8 Å². The van der Waals surface area contributed by atoms with E-state index in [-0.39, 0.29) is 12.2 Å². The molecule has 7 nitrogen and oxygen atoms in total. The molecule has 4 heterocycles. The summed E-state index contributed by atoms with van der Waals surface area (Å²) in [6.45, 7) is 5.13. The van der Waals surface area contributed by atoms with Crippen molar-refractivity contribution in [2.75, 3.05) is 26.2 Å². The van der Waals surface area contributed by atoms with Crippen LogP contribution in [0.2, 0.25) is 0 Å². The number of hydrogen-bond acceptors (Lipinski definition) is 5. The molecule has 2 fully saturated rings. The van der Waals surface area contributed by atoms with Crippen LogP contribution >= 0.6 is 0 Å². The number of aromatic nitrogens is 4. The molecule has 0 unspecified atom stereocenters. The highest BCUT2D eigenvalue weighted by molar-refractivity contribution is 5.95. The second-order valence-electron chi connectivity index (χ2n) is 12.7. The predicted molar refractivity (Wildman–Crippen MR) is 180 cm³/mol. The monoisotopic (exact) mass is 595 g/mol. The maximum Gasteiger partial charge on any atom is 0.262 e. The zero-order chi connectivity index (χ0) is 30.5. The summed E-state index contributed by atoms with van der Waals surface area (Å²) in [6.07, 6.45) is 8.24. The molecule has 0 bridgehead atoms. The summed E-state index contributed by atoms with van der Waals surface area (Å²) in [6, 6.07) is 25.4. The molecular weight excluding hydrogens is 558 g/mol. The van der Waals surface area contributed by atoms with Crippen molar-refractivity contribution in [3.8, 4) is 28.2 Å². The molecule has 1 saturated heterocycles. The van der Waals surface area contributed by atoms with E-state index in [2.05, 4.69) is 76.4 Å². The topological polar surface area (TPSA) is 87.0 Å². The van der Waals surface area contributed by atoms with Crippen molar-refractivity contribution in [2.24, 2.45) is 0 Å². The smallest absolute Gasteiger partial charge is 0.262 e. The van der Waals surface area contributed by atoms with Crippen molar-refractivity contribution in [3.63, 3.8) is 0 Å². The third-order valence-corrected chi connectivity index (χ3v) is 9.92. The lowest BCUT2D eigenvalue weighted by atomic mass is 9.89. The third-order valence-electron chi connectivity index (χ3n) is 9.92. The van der Waals surface area contributed by atoms with E-state index in [0.717, 1.165) is 88.0 Å². The van der Waals surface area contributed by atoms with Crippen LogP contribution in [0.15, 0.2) is 90.1 Å². The van der Waals surface area contributed by atoms with Crippen molar-refractivity contribution in [3.05, 3.63) is 112 Å². The predicted octanol–water partition coefficient (Wildman–Crippen LogP) is 6.95. The molecule has 3 aromatic heterocycles. The van der Waals surface area contributed by atoms with Crippen LogP contribution in [-0.4, -0.2) is 55.8 Å². The Morgan fingerprint density at radius 3 is 2.42 bits per heavy atom. The number of hydrogen-bond donors (Lipinski definition) is 2. The standard InChI is InChI=1S/C38H37N5O2/c1-24-31(3-2-4-35(24)43-18-15-30-21-29(26-5-6-26)11-12-32(30)38(43)45)36-33-22-34(41-37(33)40-23-39-36)28-9-7-25(8-10-28)27-13-16-42(17-14-27)19-20-44/h2-4,7-12,15,18,21-23,26-27,44H,5-6,13-14,16-17,19-20H2,1H3,(H,39,40,41). The Kier molecular flexibility index (Phi) is 7.07. The average molecular weight is 596 g/mol. The molecule has 6 aromatic rings. The van der Waals surface area contributed by atoms with Crippen LogP contribution in [0, 0.1) is 6.92 Å². The molecule has 7 heteroatoms. The van der Waals surface area contributed by atoms with Gasteiger partial charge in [-0.25, -0.2) is 9.97 Å². The van der Waals surface area contributed by atoms with Crippen LogP contribution in [-0.2, 0) is 0 Å². The minimum absolute atomic E-state index is 0.00831. The van der Waals surface area contributed by atoms with E-state index in [1.807, 2.05) is 24.4 Å². The maximum atomic E-state index is 13.7. The van der Waals surface area contributed by atoms with Gasteiger partial charge in [-0.15, -0.1) is 0 Å². The number of nitrogens with zero attached hydrogens (tertiary/aromatic N) is 4. The third kappa shape index (κ3) is 5.16. The van der Waals surface area contributed by atoms with Crippen molar-refractivity contribution < 1.29 is 5.11 Å². The quantitative estimate of drug-likeness (QED) is 0.209. The van der Waals surface area contributed by atoms with E-state index in [1.54, 1.807) is 10.9 Å². The largest absolute Gasteiger partial charge is 0.395 e. The van der Waals surface area contributed by atoms with Crippen molar-refractivity contribution in [2.45, 2.75) is 44.4 Å². The van der Waals surface area contributed by atoms with Gasteiger partial charge in [0.2, 0.25) is 0 Å². The van der Waals surface area contributed by atoms with E-state index in [9.17, 15) is 9.90 Å². The number of aliphatic hydroxyl groups is 1. The number of rotatable bonds is 7. The van der Waals surface area contributed by atoms with Gasteiger partial charge in [-0.2, -0.15) is 0 Å². The van der Waals surface area contributed by atoms with Crippen LogP contribution in [0.25, 0.3) is 50.0 Å². The fraction of sp³-hybridized carbons (Fsp3) is 0.289. The summed E-state index contributed by atoms with van der Waals surface area (Å²) < 4.78 is 1.76. The van der Waals surface area contributed by atoms with Crippen molar-refractivity contribution in [1.29, 1.82) is 0 Å². The minimum atomic E-state index is -0.00831. The number of benzene rings is 3. The van der Waals surface area contributed by atoms with E-state index in [0.29, 0.717) is 11.8 Å². The van der Waals surface area contributed by atoms with E-state index in [1.165, 1.54) is 24.0 Å². The van der Waals surface area contributed by atoms with Gasteiger partial charge >= 0.3 is 0 Å². The second-order valence-corrected chi connectivity index (χ2v) is 12.7. The van der Waals surface area contributed by atoms with E-state index >= 15 is 0 Å². The molecule has 0 amide bonds. The summed E-state index contributed by atoms with van der Waals surface area (Å²) in [5.41, 5.74) is 9.26. The van der Waals surface area contributed by atoms with E-state index < -0.39 is 0 Å². The molecule has 0 spiro atoms. The highest BCUT2D eigenvalue weighted by Crippen LogP contribution is 2.41. The fourth-order valence-corrected chi connectivity index (χ4v) is 7.14. The van der Waals surface area contributed by atoms with Crippen LogP contribution in [0.3, 0.4) is 0 Å². The SMILES string of the molecule is Cc1c(-c2ncnc3[nH]c(-c4ccc(C5CCN(CCO)CC5)cc4)cc23)cccc1-n1ccc2cc(C3CC3)ccc2c1=O. The van der Waals surface area contributed by atoms with Crippen LogP contribution in [0.4, 0.5) is 0 Å². The number of aliphatic hydroxyl groups excluding tert-OH is 1. The van der Waals surface area contributed by atoms with E-state index in [4.69, 9.17) is 4.98 Å². The highest BCUT2D eigenvalue weighted by atomic mass is 16.3. The summed E-state index contributed by atoms with van der Waals surface area (Å²) in [7, 11) is 0. The summed E-state index contributed by atoms with van der Waals surface area (Å²) >= 11 is 0. The molecular formula is C38H37N5O2. The lowest BCUT2D eigenvalue weighted by molar-refractivity contribution is 0.164. The number of fused-ring (bicyclic) bond motifs is 2. The Bertz CT molecular complexity index is 2080. The van der Waals surface area contributed by atoms with Gasteiger partial charge in [0.05, 0.1) is 18.0 Å². The Morgan fingerprint density at radius 2 is 1.64 bits per heavy atom. The number of likely N-dealkylation sites (tertiary alicyclic amines) is 1. The zero-order valence-corrected chi connectivity index (χ0v) is 25.5. The van der Waals surface area contributed by atoms with Crippen LogP contribution < -0.4 is 5.56 Å². The van der Waals surface area contributed by atoms with Gasteiger partial charge in [-0.05, 0) is 109 Å². The summed E-state index contributed by atoms with van der Waals surface area (Å²) in [4.78, 5) is 28.8. The Labute approximate surface area is 262 Å². The lowest BCUT2D eigenvalue weighted by Crippen LogP contribution is -2.34. The fourth-order valence-electron chi connectivity index (χ4n) is 7.14. The summed E-state index contributed by atoms with van der Waals surface area (Å²) in [5.74, 6) is 1.21. The number of nitrogens with one attached hydrogen (secondary N) is 1. The Hall–Kier alpha value is -4.59. The number of aromatic amines is 1. The second kappa shape index (κ2) is 11.4. The number of piperidine rings is 1. The molecule has 1 aliphatic heterocycles. The molecule has 1 aliphatic carbocycles. The van der Waals surface area contributed by atoms with Gasteiger partial charge < -0.3 is 15.0 Å². The van der Waals surface area contributed by atoms with Crippen LogP contribution in [0.1, 0.15) is 54.2 Å². The average Bonchev–Trinajstić information content (AvgIpc) is 3.84. The zero-order valence-electron chi connectivity index (χ0n) is 25.5. The highest BCUT2D eigenvalue weighted by Gasteiger charge is 2.24. The Balaban J connectivity index is 1.11. The molecule has 0 atom stereocenters. The van der Waals surface area contributed by atoms with Gasteiger partial charge in [0.25, 0.3) is 5.56 Å². The summed E-state index contributed by atoms with van der Waals surface area (Å²) in [5, 5.41) is 11.9. The van der Waals surface area contributed by atoms with Gasteiger partial charge in [0.1, 0.15) is 12.0 Å². The minimum Gasteiger partial charge on any atom is -0.395 e. The maximum absolute atomic E-state index is 13.7. The Morgan fingerprint density at radius 1 is 0.867 bits per heavy atom. The first-order valence-corrected chi connectivity index (χ1v) is 16.1. The number of β-amino-alcohol motifs (C(OH)–C–C–N with tert-alkyl or cyclic N) is 1.